The van der Waals surface area contributed by atoms with Crippen LogP contribution in [0.25, 0.3) is 0 Å². The molecule has 1 heterocycles. The van der Waals surface area contributed by atoms with Crippen molar-refractivity contribution in [1.29, 1.82) is 0 Å². The minimum Gasteiger partial charge on any atom is -0.320 e. The Morgan fingerprint density at radius 3 is 2.75 bits per heavy atom. The van der Waals surface area contributed by atoms with Crippen LogP contribution in [0.1, 0.15) is 15.2 Å². The largest absolute Gasteiger partial charge is 0.320 e. The molecule has 3 N–H and O–H groups in total. The molecular weight excluding hydrogens is 315 g/mol. The zero-order chi connectivity index (χ0) is 14.5. The van der Waals surface area contributed by atoms with E-state index in [0.717, 1.165) is 5.56 Å². The average Bonchev–Trinajstić information content (AvgIpc) is 2.86. The highest BCUT2D eigenvalue weighted by Crippen LogP contribution is 2.26. The summed E-state index contributed by atoms with van der Waals surface area (Å²) in [5.41, 5.74) is 6.56. The summed E-state index contributed by atoms with van der Waals surface area (Å²) < 4.78 is 0.559. The Kier molecular flexibility index (Phi) is 5.05. The SMILES string of the molecule is NCC#Cc1ccc(Cl)c(NC(=O)c2ccc(Cl)s2)c1. The summed E-state index contributed by atoms with van der Waals surface area (Å²) in [4.78, 5) is 12.5. The number of nitrogens with two attached hydrogens (primary N) is 1. The van der Waals surface area contributed by atoms with Gasteiger partial charge in [0.15, 0.2) is 0 Å². The molecule has 2 aromatic rings. The molecule has 1 aromatic carbocycles. The number of hydrogen-bond acceptors (Lipinski definition) is 3. The van der Waals surface area contributed by atoms with Gasteiger partial charge in [0.2, 0.25) is 0 Å². The van der Waals surface area contributed by atoms with Gasteiger partial charge in [-0.1, -0.05) is 35.0 Å². The maximum Gasteiger partial charge on any atom is 0.265 e. The Morgan fingerprint density at radius 2 is 2.10 bits per heavy atom. The van der Waals surface area contributed by atoms with E-state index in [1.54, 1.807) is 30.3 Å². The predicted octanol–water partition coefficient (Wildman–Crippen LogP) is 3.62. The average molecular weight is 325 g/mol. The molecule has 0 atom stereocenters. The van der Waals surface area contributed by atoms with Gasteiger partial charge in [0.05, 0.1) is 26.5 Å². The van der Waals surface area contributed by atoms with Gasteiger partial charge in [0.1, 0.15) is 0 Å². The summed E-state index contributed by atoms with van der Waals surface area (Å²) in [6.45, 7) is 0.276. The van der Waals surface area contributed by atoms with Crippen molar-refractivity contribution >= 4 is 46.1 Å². The third kappa shape index (κ3) is 3.75. The first kappa shape index (κ1) is 14.9. The number of halogens is 2. The highest BCUT2D eigenvalue weighted by atomic mass is 35.5. The standard InChI is InChI=1S/C14H10Cl2N2OS/c15-10-4-3-9(2-1-7-17)8-11(10)18-14(19)12-5-6-13(16)20-12/h3-6,8H,7,17H2,(H,18,19). The molecule has 3 nitrogen and oxygen atoms in total. The monoisotopic (exact) mass is 324 g/mol. The highest BCUT2D eigenvalue weighted by Gasteiger charge is 2.11. The van der Waals surface area contributed by atoms with E-state index in [0.29, 0.717) is 19.9 Å². The van der Waals surface area contributed by atoms with E-state index in [1.165, 1.54) is 11.3 Å². The van der Waals surface area contributed by atoms with Crippen molar-refractivity contribution in [2.45, 2.75) is 0 Å². The Morgan fingerprint density at radius 1 is 1.30 bits per heavy atom. The Hall–Kier alpha value is -1.51. The number of benzene rings is 1. The molecular formula is C14H10Cl2N2OS. The van der Waals surface area contributed by atoms with E-state index in [4.69, 9.17) is 28.9 Å². The fraction of sp³-hybridized carbons (Fsp3) is 0.0714. The van der Waals surface area contributed by atoms with Gasteiger partial charge in [0, 0.05) is 5.56 Å². The van der Waals surface area contributed by atoms with Crippen molar-refractivity contribution in [3.05, 3.63) is 50.1 Å². The number of thiophene rings is 1. The summed E-state index contributed by atoms with van der Waals surface area (Å²) in [5, 5.41) is 3.18. The van der Waals surface area contributed by atoms with Gasteiger partial charge in [-0.15, -0.1) is 11.3 Å². The minimum atomic E-state index is -0.257. The lowest BCUT2D eigenvalue weighted by atomic mass is 10.2. The normalized spacial score (nSPS) is 9.75. The third-order valence-corrected chi connectivity index (χ3v) is 3.91. The van der Waals surface area contributed by atoms with Gasteiger partial charge in [-0.25, -0.2) is 0 Å². The summed E-state index contributed by atoms with van der Waals surface area (Å²) >= 11 is 13.1. The van der Waals surface area contributed by atoms with Gasteiger partial charge in [-0.3, -0.25) is 4.79 Å². The fourth-order valence-corrected chi connectivity index (χ4v) is 2.58. The molecule has 0 saturated carbocycles. The lowest BCUT2D eigenvalue weighted by Crippen LogP contribution is -2.10. The summed E-state index contributed by atoms with van der Waals surface area (Å²) in [7, 11) is 0. The van der Waals surface area contributed by atoms with E-state index in [-0.39, 0.29) is 12.5 Å². The molecule has 0 unspecified atom stereocenters. The quantitative estimate of drug-likeness (QED) is 0.829. The smallest absolute Gasteiger partial charge is 0.265 e. The second kappa shape index (κ2) is 6.78. The molecule has 6 heteroatoms. The molecule has 0 aliphatic heterocycles. The zero-order valence-electron chi connectivity index (χ0n) is 10.2. The molecule has 0 bridgehead atoms. The first-order valence-electron chi connectivity index (χ1n) is 5.65. The molecule has 102 valence electrons. The van der Waals surface area contributed by atoms with Gasteiger partial charge in [-0.05, 0) is 30.3 Å². The van der Waals surface area contributed by atoms with Crippen LogP contribution in [0.15, 0.2) is 30.3 Å². The molecule has 0 aliphatic rings. The van der Waals surface area contributed by atoms with Crippen molar-refractivity contribution in [1.82, 2.24) is 0 Å². The van der Waals surface area contributed by atoms with Crippen molar-refractivity contribution in [3.8, 4) is 11.8 Å². The molecule has 2 rings (SSSR count). The van der Waals surface area contributed by atoms with Crippen LogP contribution in [0.2, 0.25) is 9.36 Å². The second-order valence-electron chi connectivity index (χ2n) is 3.76. The number of carbonyl (C=O) groups is 1. The van der Waals surface area contributed by atoms with Crippen LogP contribution in [-0.4, -0.2) is 12.5 Å². The molecule has 0 radical (unpaired) electrons. The van der Waals surface area contributed by atoms with Crippen LogP contribution in [-0.2, 0) is 0 Å². The molecule has 0 aliphatic carbocycles. The number of nitrogens with one attached hydrogen (secondary N) is 1. The number of carbonyl (C=O) groups excluding carboxylic acids is 1. The Balaban J connectivity index is 2.22. The third-order valence-electron chi connectivity index (χ3n) is 2.35. The van der Waals surface area contributed by atoms with E-state index in [2.05, 4.69) is 17.2 Å². The van der Waals surface area contributed by atoms with Gasteiger partial charge < -0.3 is 11.1 Å². The van der Waals surface area contributed by atoms with Crippen LogP contribution < -0.4 is 11.1 Å². The van der Waals surface area contributed by atoms with Crippen LogP contribution in [0.5, 0.6) is 0 Å². The number of anilines is 1. The predicted molar refractivity (Wildman–Crippen MR) is 84.7 cm³/mol. The molecule has 20 heavy (non-hydrogen) atoms. The van der Waals surface area contributed by atoms with Gasteiger partial charge in [-0.2, -0.15) is 0 Å². The maximum absolute atomic E-state index is 12.0. The van der Waals surface area contributed by atoms with E-state index < -0.39 is 0 Å². The van der Waals surface area contributed by atoms with Crippen molar-refractivity contribution in [2.24, 2.45) is 5.73 Å². The molecule has 0 spiro atoms. The first-order chi connectivity index (χ1) is 9.60. The number of hydrogen-bond donors (Lipinski definition) is 2. The Bertz CT molecular complexity index is 701. The van der Waals surface area contributed by atoms with E-state index >= 15 is 0 Å². The van der Waals surface area contributed by atoms with Crippen LogP contribution in [0.4, 0.5) is 5.69 Å². The molecule has 0 saturated heterocycles. The van der Waals surface area contributed by atoms with Crippen LogP contribution in [0, 0.1) is 11.8 Å². The minimum absolute atomic E-state index is 0.257. The summed E-state index contributed by atoms with van der Waals surface area (Å²) in [5.74, 6) is 5.38. The first-order valence-corrected chi connectivity index (χ1v) is 7.22. The van der Waals surface area contributed by atoms with Crippen LogP contribution >= 0.6 is 34.5 Å². The van der Waals surface area contributed by atoms with Gasteiger partial charge >= 0.3 is 0 Å². The lowest BCUT2D eigenvalue weighted by molar-refractivity contribution is 0.103. The highest BCUT2D eigenvalue weighted by molar-refractivity contribution is 7.18. The fourth-order valence-electron chi connectivity index (χ4n) is 1.47. The lowest BCUT2D eigenvalue weighted by Gasteiger charge is -2.06. The van der Waals surface area contributed by atoms with E-state index in [9.17, 15) is 4.79 Å². The van der Waals surface area contributed by atoms with Gasteiger partial charge in [0.25, 0.3) is 5.91 Å². The van der Waals surface area contributed by atoms with Crippen molar-refractivity contribution in [3.63, 3.8) is 0 Å². The van der Waals surface area contributed by atoms with E-state index in [1.807, 2.05) is 0 Å². The number of amides is 1. The molecule has 0 fully saturated rings. The maximum atomic E-state index is 12.0. The van der Waals surface area contributed by atoms with Crippen molar-refractivity contribution in [2.75, 3.05) is 11.9 Å². The summed E-state index contributed by atoms with van der Waals surface area (Å²) in [6.07, 6.45) is 0. The zero-order valence-corrected chi connectivity index (χ0v) is 12.6. The topological polar surface area (TPSA) is 55.1 Å². The second-order valence-corrected chi connectivity index (χ2v) is 5.88. The molecule has 1 amide bonds. The van der Waals surface area contributed by atoms with Crippen molar-refractivity contribution < 1.29 is 4.79 Å². The summed E-state index contributed by atoms with van der Waals surface area (Å²) in [6, 6.07) is 8.49. The molecule has 1 aromatic heterocycles. The Labute approximate surface area is 130 Å². The number of rotatable bonds is 2. The van der Waals surface area contributed by atoms with Crippen LogP contribution in [0.3, 0.4) is 0 Å².